The molecule has 0 aromatic carbocycles. The molecule has 0 fully saturated rings. The standard InChI is InChI=1S/C35H60O5/c1-3-5-7-9-11-13-15-16-17-18-20-21-23-25-27-29-34(37)39-32-33(31-36)40-35(38)30-28-26-24-22-19-14-12-10-8-6-4-2/h5,7,10-13,16-17,33,36H,3-4,6,8-9,14-15,18-32H2,1-2H3/b7-5-,12-10-,13-11-,17-16-/t33-/m0/s1. The summed E-state index contributed by atoms with van der Waals surface area (Å²) in [5.41, 5.74) is 0. The minimum absolute atomic E-state index is 0.0796. The van der Waals surface area contributed by atoms with Gasteiger partial charge in [-0.2, -0.15) is 0 Å². The zero-order valence-electron chi connectivity index (χ0n) is 25.8. The van der Waals surface area contributed by atoms with Gasteiger partial charge in [0.1, 0.15) is 6.61 Å². The second-order valence-corrected chi connectivity index (χ2v) is 10.5. The van der Waals surface area contributed by atoms with Crippen LogP contribution in [-0.4, -0.2) is 36.4 Å². The molecule has 1 N–H and O–H groups in total. The summed E-state index contributed by atoms with van der Waals surface area (Å²) in [6.45, 7) is 3.94. The number of hydrogen-bond donors (Lipinski definition) is 1. The molecule has 0 spiro atoms. The van der Waals surface area contributed by atoms with Crippen LogP contribution in [0.15, 0.2) is 48.6 Å². The van der Waals surface area contributed by atoms with Gasteiger partial charge in [-0.3, -0.25) is 9.59 Å². The van der Waals surface area contributed by atoms with Crippen molar-refractivity contribution >= 4 is 11.9 Å². The van der Waals surface area contributed by atoms with E-state index in [1.807, 2.05) is 0 Å². The van der Waals surface area contributed by atoms with E-state index >= 15 is 0 Å². The Hall–Kier alpha value is -2.14. The Morgan fingerprint density at radius 2 is 1.07 bits per heavy atom. The van der Waals surface area contributed by atoms with Crippen LogP contribution in [0.1, 0.15) is 142 Å². The zero-order valence-corrected chi connectivity index (χ0v) is 25.8. The number of carbonyl (C=O) groups excluding carboxylic acids is 2. The smallest absolute Gasteiger partial charge is 0.306 e. The molecule has 0 rings (SSSR count). The maximum absolute atomic E-state index is 12.1. The van der Waals surface area contributed by atoms with Crippen LogP contribution in [-0.2, 0) is 19.1 Å². The number of aliphatic hydroxyl groups is 1. The fraction of sp³-hybridized carbons (Fsp3) is 0.714. The third-order valence-electron chi connectivity index (χ3n) is 6.61. The van der Waals surface area contributed by atoms with Crippen molar-refractivity contribution in [2.75, 3.05) is 13.2 Å². The van der Waals surface area contributed by atoms with Crippen LogP contribution in [0.5, 0.6) is 0 Å². The van der Waals surface area contributed by atoms with Crippen LogP contribution >= 0.6 is 0 Å². The Bertz CT molecular complexity index is 692. The quantitative estimate of drug-likeness (QED) is 0.0586. The van der Waals surface area contributed by atoms with Crippen molar-refractivity contribution in [2.24, 2.45) is 0 Å². The van der Waals surface area contributed by atoms with Gasteiger partial charge in [0, 0.05) is 12.8 Å². The number of ether oxygens (including phenoxy) is 2. The summed E-state index contributed by atoms with van der Waals surface area (Å²) >= 11 is 0. The SMILES string of the molecule is CC/C=C\C/C=C\C/C=C\CCCCCCCC(=O)OC[C@H](CO)OC(=O)CCCCCCC/C=C\CCCC. The minimum atomic E-state index is -0.780. The maximum Gasteiger partial charge on any atom is 0.306 e. The fourth-order valence-corrected chi connectivity index (χ4v) is 4.13. The molecule has 0 aliphatic carbocycles. The summed E-state index contributed by atoms with van der Waals surface area (Å²) in [5, 5.41) is 9.48. The highest BCUT2D eigenvalue weighted by atomic mass is 16.6. The third-order valence-corrected chi connectivity index (χ3v) is 6.61. The lowest BCUT2D eigenvalue weighted by atomic mass is 10.1. The van der Waals surface area contributed by atoms with Gasteiger partial charge in [-0.25, -0.2) is 0 Å². The first kappa shape index (κ1) is 37.9. The Labute approximate surface area is 246 Å². The highest BCUT2D eigenvalue weighted by Gasteiger charge is 2.16. The predicted octanol–water partition coefficient (Wildman–Crippen LogP) is 9.50. The lowest BCUT2D eigenvalue weighted by Gasteiger charge is -2.15. The molecule has 0 radical (unpaired) electrons. The van der Waals surface area contributed by atoms with E-state index in [4.69, 9.17) is 9.47 Å². The van der Waals surface area contributed by atoms with Crippen LogP contribution in [0.3, 0.4) is 0 Å². The van der Waals surface area contributed by atoms with Gasteiger partial charge in [-0.15, -0.1) is 0 Å². The van der Waals surface area contributed by atoms with E-state index in [9.17, 15) is 14.7 Å². The van der Waals surface area contributed by atoms with Crippen LogP contribution < -0.4 is 0 Å². The van der Waals surface area contributed by atoms with E-state index in [1.165, 1.54) is 38.5 Å². The van der Waals surface area contributed by atoms with Crippen molar-refractivity contribution in [3.05, 3.63) is 48.6 Å². The zero-order chi connectivity index (χ0) is 29.4. The van der Waals surface area contributed by atoms with Gasteiger partial charge in [0.15, 0.2) is 6.10 Å². The van der Waals surface area contributed by atoms with Gasteiger partial charge in [0.2, 0.25) is 0 Å². The highest BCUT2D eigenvalue weighted by Crippen LogP contribution is 2.11. The molecule has 0 bridgehead atoms. The lowest BCUT2D eigenvalue weighted by molar-refractivity contribution is -0.161. The molecule has 0 heterocycles. The van der Waals surface area contributed by atoms with Crippen LogP contribution in [0, 0.1) is 0 Å². The first-order valence-electron chi connectivity index (χ1n) is 16.2. The van der Waals surface area contributed by atoms with Crippen LogP contribution in [0.4, 0.5) is 0 Å². The summed E-state index contributed by atoms with van der Waals surface area (Å²) in [6, 6.07) is 0. The molecule has 0 saturated heterocycles. The fourth-order valence-electron chi connectivity index (χ4n) is 4.13. The van der Waals surface area contributed by atoms with E-state index in [0.29, 0.717) is 12.8 Å². The number of rotatable bonds is 28. The van der Waals surface area contributed by atoms with Gasteiger partial charge in [-0.1, -0.05) is 114 Å². The van der Waals surface area contributed by atoms with E-state index in [-0.39, 0.29) is 25.2 Å². The summed E-state index contributed by atoms with van der Waals surface area (Å²) < 4.78 is 10.5. The molecule has 0 aromatic heterocycles. The molecule has 0 amide bonds. The van der Waals surface area contributed by atoms with Gasteiger partial charge < -0.3 is 14.6 Å². The third kappa shape index (κ3) is 28.9. The van der Waals surface area contributed by atoms with Crippen molar-refractivity contribution in [1.29, 1.82) is 0 Å². The number of allylic oxidation sites excluding steroid dienone is 8. The van der Waals surface area contributed by atoms with Gasteiger partial charge >= 0.3 is 11.9 Å². The molecule has 40 heavy (non-hydrogen) atoms. The van der Waals surface area contributed by atoms with Crippen molar-refractivity contribution in [2.45, 2.75) is 148 Å². The molecular weight excluding hydrogens is 500 g/mol. The highest BCUT2D eigenvalue weighted by molar-refractivity contribution is 5.70. The number of hydrogen-bond acceptors (Lipinski definition) is 5. The predicted molar refractivity (Wildman–Crippen MR) is 168 cm³/mol. The first-order valence-corrected chi connectivity index (χ1v) is 16.2. The van der Waals surface area contributed by atoms with Gasteiger partial charge in [0.25, 0.3) is 0 Å². The topological polar surface area (TPSA) is 72.8 Å². The lowest BCUT2D eigenvalue weighted by Crippen LogP contribution is -2.28. The molecule has 0 saturated carbocycles. The Morgan fingerprint density at radius 1 is 0.600 bits per heavy atom. The maximum atomic E-state index is 12.1. The number of aliphatic hydroxyl groups excluding tert-OH is 1. The Balaban J connectivity index is 3.65. The van der Waals surface area contributed by atoms with E-state index < -0.39 is 6.10 Å². The summed E-state index contributed by atoms with van der Waals surface area (Å²) in [5.74, 6) is -0.629. The van der Waals surface area contributed by atoms with Crippen LogP contribution in [0.2, 0.25) is 0 Å². The molecule has 0 aromatic rings. The molecule has 0 unspecified atom stereocenters. The second kappa shape index (κ2) is 31.4. The average molecular weight is 561 g/mol. The molecule has 5 heteroatoms. The molecular formula is C35H60O5. The van der Waals surface area contributed by atoms with Crippen molar-refractivity contribution in [1.82, 2.24) is 0 Å². The summed E-state index contributed by atoms with van der Waals surface area (Å²) in [7, 11) is 0. The minimum Gasteiger partial charge on any atom is -0.462 e. The average Bonchev–Trinajstić information content (AvgIpc) is 2.96. The van der Waals surface area contributed by atoms with Gasteiger partial charge in [0.05, 0.1) is 6.61 Å². The Morgan fingerprint density at radius 3 is 1.65 bits per heavy atom. The molecule has 5 nitrogen and oxygen atoms in total. The number of unbranched alkanes of at least 4 members (excludes halogenated alkanes) is 12. The molecule has 230 valence electrons. The van der Waals surface area contributed by atoms with Gasteiger partial charge in [-0.05, 0) is 64.2 Å². The monoisotopic (exact) mass is 560 g/mol. The number of carbonyl (C=O) groups is 2. The molecule has 1 atom stereocenters. The first-order chi connectivity index (χ1) is 19.6. The van der Waals surface area contributed by atoms with E-state index in [2.05, 4.69) is 62.5 Å². The van der Waals surface area contributed by atoms with Crippen LogP contribution in [0.25, 0.3) is 0 Å². The summed E-state index contributed by atoms with van der Waals surface area (Å²) in [4.78, 5) is 24.1. The second-order valence-electron chi connectivity index (χ2n) is 10.5. The van der Waals surface area contributed by atoms with Crippen molar-refractivity contribution < 1.29 is 24.2 Å². The largest absolute Gasteiger partial charge is 0.462 e. The summed E-state index contributed by atoms with van der Waals surface area (Å²) in [6.07, 6.45) is 37.3. The molecule has 0 aliphatic heterocycles. The van der Waals surface area contributed by atoms with Crippen molar-refractivity contribution in [3.63, 3.8) is 0 Å². The van der Waals surface area contributed by atoms with Crippen molar-refractivity contribution in [3.8, 4) is 0 Å². The Kier molecular flexibility index (Phi) is 29.7. The normalized spacial score (nSPS) is 12.8. The van der Waals surface area contributed by atoms with E-state index in [0.717, 1.165) is 77.0 Å². The molecule has 0 aliphatic rings. The van der Waals surface area contributed by atoms with E-state index in [1.54, 1.807) is 0 Å². The number of esters is 2.